The molecule has 0 amide bonds. The molecule has 21 heavy (non-hydrogen) atoms. The monoisotopic (exact) mass is 298 g/mol. The number of nitrogens with zero attached hydrogens (tertiary/aromatic N) is 3. The van der Waals surface area contributed by atoms with Gasteiger partial charge in [0.15, 0.2) is 10.4 Å². The number of rotatable bonds is 3. The number of hydrogen-bond donors (Lipinski definition) is 1. The average Bonchev–Trinajstić information content (AvgIpc) is 2.80. The minimum Gasteiger partial charge on any atom is -0.479 e. The first-order valence-corrected chi connectivity index (χ1v) is 7.24. The Bertz CT molecular complexity index is 883. The molecule has 6 heteroatoms. The second kappa shape index (κ2) is 4.66. The summed E-state index contributed by atoms with van der Waals surface area (Å²) in [6, 6.07) is 8.55. The Labute approximate surface area is 126 Å². The molecule has 0 aliphatic heterocycles. The summed E-state index contributed by atoms with van der Waals surface area (Å²) in [5, 5.41) is 0. The van der Waals surface area contributed by atoms with Crippen LogP contribution in [0.2, 0.25) is 0 Å². The van der Waals surface area contributed by atoms with Crippen LogP contribution in [-0.2, 0) is 13.0 Å². The molecule has 1 aliphatic rings. The fourth-order valence-corrected chi connectivity index (χ4v) is 3.28. The Morgan fingerprint density at radius 2 is 2.24 bits per heavy atom. The normalized spacial score (nSPS) is 16.5. The number of H-pyrrole nitrogens is 1. The lowest BCUT2D eigenvalue weighted by Crippen LogP contribution is -2.22. The van der Waals surface area contributed by atoms with Crippen LogP contribution in [0.4, 0.5) is 0 Å². The topological polar surface area (TPSA) is 55.7 Å². The van der Waals surface area contributed by atoms with Gasteiger partial charge in [-0.15, -0.1) is 0 Å². The van der Waals surface area contributed by atoms with Crippen LogP contribution in [0.25, 0.3) is 11.2 Å². The van der Waals surface area contributed by atoms with Crippen LogP contribution in [0.5, 0.6) is 5.88 Å². The fourth-order valence-electron chi connectivity index (χ4n) is 3.02. The van der Waals surface area contributed by atoms with Gasteiger partial charge in [0.1, 0.15) is 11.8 Å². The fraction of sp³-hybridized carbons (Fsp3) is 0.267. The van der Waals surface area contributed by atoms with Crippen molar-refractivity contribution < 1.29 is 4.74 Å². The van der Waals surface area contributed by atoms with E-state index in [1.807, 2.05) is 4.57 Å². The highest BCUT2D eigenvalue weighted by Gasteiger charge is 2.26. The van der Waals surface area contributed by atoms with Gasteiger partial charge in [-0.25, -0.2) is 4.98 Å². The highest BCUT2D eigenvalue weighted by Crippen LogP contribution is 2.36. The summed E-state index contributed by atoms with van der Waals surface area (Å²) in [7, 11) is 1.60. The largest absolute Gasteiger partial charge is 0.479 e. The molecule has 1 N–H and O–H groups in total. The molecule has 0 spiro atoms. The zero-order valence-electron chi connectivity index (χ0n) is 11.5. The van der Waals surface area contributed by atoms with Crippen molar-refractivity contribution in [3.05, 3.63) is 46.5 Å². The predicted octanol–water partition coefficient (Wildman–Crippen LogP) is 2.84. The van der Waals surface area contributed by atoms with Gasteiger partial charge in [0.25, 0.3) is 0 Å². The van der Waals surface area contributed by atoms with E-state index in [4.69, 9.17) is 17.0 Å². The zero-order valence-corrected chi connectivity index (χ0v) is 12.4. The number of aromatic nitrogens is 4. The van der Waals surface area contributed by atoms with Gasteiger partial charge in [-0.05, 0) is 29.8 Å². The van der Waals surface area contributed by atoms with Crippen LogP contribution in [0.3, 0.4) is 0 Å². The molecule has 2 aromatic heterocycles. The number of imidazole rings is 1. The van der Waals surface area contributed by atoms with E-state index in [0.717, 1.165) is 24.1 Å². The van der Waals surface area contributed by atoms with Gasteiger partial charge < -0.3 is 14.3 Å². The molecule has 0 saturated carbocycles. The van der Waals surface area contributed by atoms with E-state index in [-0.39, 0.29) is 0 Å². The highest BCUT2D eigenvalue weighted by molar-refractivity contribution is 7.71. The lowest BCUT2D eigenvalue weighted by Gasteiger charge is -2.30. The number of nitrogens with one attached hydrogen (secondary N) is 1. The van der Waals surface area contributed by atoms with E-state index in [0.29, 0.717) is 16.6 Å². The van der Waals surface area contributed by atoms with Gasteiger partial charge >= 0.3 is 0 Å². The van der Waals surface area contributed by atoms with Crippen molar-refractivity contribution >= 4 is 23.4 Å². The molecule has 3 aromatic rings. The third-order valence-electron chi connectivity index (χ3n) is 4.08. The molecule has 0 saturated heterocycles. The third kappa shape index (κ3) is 1.86. The van der Waals surface area contributed by atoms with Crippen molar-refractivity contribution in [3.63, 3.8) is 0 Å². The number of hydrogen-bond acceptors (Lipinski definition) is 4. The number of methoxy groups -OCH3 is 1. The minimum absolute atomic E-state index is 0.493. The van der Waals surface area contributed by atoms with Gasteiger partial charge in [-0.1, -0.05) is 24.3 Å². The van der Waals surface area contributed by atoms with E-state index >= 15 is 0 Å². The molecule has 1 aromatic carbocycles. The molecule has 2 heterocycles. The molecule has 0 fully saturated rings. The van der Waals surface area contributed by atoms with Gasteiger partial charge in [0, 0.05) is 12.5 Å². The minimum atomic E-state index is 0.493. The van der Waals surface area contributed by atoms with Gasteiger partial charge in [0.2, 0.25) is 5.88 Å². The molecule has 1 unspecified atom stereocenters. The summed E-state index contributed by atoms with van der Waals surface area (Å²) in [6.07, 6.45) is 2.60. The van der Waals surface area contributed by atoms with Crippen LogP contribution in [-0.4, -0.2) is 26.6 Å². The van der Waals surface area contributed by atoms with Crippen LogP contribution < -0.4 is 4.74 Å². The van der Waals surface area contributed by atoms with Gasteiger partial charge in [-0.2, -0.15) is 4.98 Å². The van der Waals surface area contributed by atoms with Crippen LogP contribution in [0.15, 0.2) is 30.6 Å². The van der Waals surface area contributed by atoms with Gasteiger partial charge in [-0.3, -0.25) is 0 Å². The van der Waals surface area contributed by atoms with Crippen molar-refractivity contribution in [2.75, 3.05) is 7.11 Å². The van der Waals surface area contributed by atoms with Gasteiger partial charge in [0.05, 0.1) is 7.11 Å². The summed E-state index contributed by atoms with van der Waals surface area (Å²) in [4.78, 5) is 11.6. The summed E-state index contributed by atoms with van der Waals surface area (Å²) < 4.78 is 7.95. The second-order valence-corrected chi connectivity index (χ2v) is 5.61. The van der Waals surface area contributed by atoms with E-state index in [1.54, 1.807) is 7.11 Å². The SMILES string of the molecule is COc1ncnc2c1[nH]c(=S)n2CC1Cc2ccccc21. The summed E-state index contributed by atoms with van der Waals surface area (Å²) in [6.45, 7) is 0.829. The first-order valence-electron chi connectivity index (χ1n) is 6.83. The number of benzene rings is 1. The van der Waals surface area contributed by atoms with Crippen molar-refractivity contribution in [2.24, 2.45) is 0 Å². The van der Waals surface area contributed by atoms with Crippen molar-refractivity contribution in [2.45, 2.75) is 18.9 Å². The molecule has 1 atom stereocenters. The molecule has 0 bridgehead atoms. The summed E-state index contributed by atoms with van der Waals surface area (Å²) >= 11 is 5.43. The molecule has 1 aliphatic carbocycles. The molecule has 0 radical (unpaired) electrons. The van der Waals surface area contributed by atoms with Crippen LogP contribution in [0.1, 0.15) is 17.0 Å². The lowest BCUT2D eigenvalue weighted by molar-refractivity contribution is 0.401. The molecular weight excluding hydrogens is 284 g/mol. The molecule has 5 nitrogen and oxygen atoms in total. The van der Waals surface area contributed by atoms with Crippen molar-refractivity contribution in [1.29, 1.82) is 0 Å². The Balaban J connectivity index is 1.75. The first-order chi connectivity index (χ1) is 10.3. The van der Waals surface area contributed by atoms with E-state index in [9.17, 15) is 0 Å². The maximum atomic E-state index is 5.43. The maximum Gasteiger partial charge on any atom is 0.242 e. The average molecular weight is 298 g/mol. The number of ether oxygens (including phenoxy) is 1. The lowest BCUT2D eigenvalue weighted by atomic mass is 9.77. The Morgan fingerprint density at radius 1 is 1.38 bits per heavy atom. The first kappa shape index (κ1) is 12.5. The molecule has 106 valence electrons. The smallest absolute Gasteiger partial charge is 0.242 e. The molecular formula is C15H14N4OS. The van der Waals surface area contributed by atoms with E-state index in [2.05, 4.69) is 39.2 Å². The quantitative estimate of drug-likeness (QED) is 0.755. The predicted molar refractivity (Wildman–Crippen MR) is 82.2 cm³/mol. The Kier molecular flexibility index (Phi) is 2.78. The van der Waals surface area contributed by atoms with E-state index in [1.165, 1.54) is 17.5 Å². The second-order valence-electron chi connectivity index (χ2n) is 5.22. The highest BCUT2D eigenvalue weighted by atomic mass is 32.1. The Morgan fingerprint density at radius 3 is 3.05 bits per heavy atom. The summed E-state index contributed by atoms with van der Waals surface area (Å²) in [5.74, 6) is 1.02. The van der Waals surface area contributed by atoms with E-state index < -0.39 is 0 Å². The number of aromatic amines is 1. The Hall–Kier alpha value is -2.21. The zero-order chi connectivity index (χ0) is 14.4. The van der Waals surface area contributed by atoms with Crippen molar-refractivity contribution in [3.8, 4) is 5.88 Å². The maximum absolute atomic E-state index is 5.43. The van der Waals surface area contributed by atoms with Crippen molar-refractivity contribution in [1.82, 2.24) is 19.5 Å². The summed E-state index contributed by atoms with van der Waals surface area (Å²) in [5.41, 5.74) is 4.41. The third-order valence-corrected chi connectivity index (χ3v) is 4.41. The number of fused-ring (bicyclic) bond motifs is 2. The molecule has 4 rings (SSSR count). The standard InChI is InChI=1S/C15H14N4OS/c1-20-14-12-13(16-8-17-14)19(15(21)18-12)7-10-6-9-4-2-3-5-11(9)10/h2-5,8,10H,6-7H2,1H3,(H,18,21). The van der Waals surface area contributed by atoms with Crippen LogP contribution >= 0.6 is 12.2 Å². The van der Waals surface area contributed by atoms with Crippen LogP contribution in [0, 0.1) is 4.77 Å².